The summed E-state index contributed by atoms with van der Waals surface area (Å²) in [5.41, 5.74) is 2.29. The van der Waals surface area contributed by atoms with Crippen molar-refractivity contribution in [1.29, 1.82) is 0 Å². The van der Waals surface area contributed by atoms with E-state index in [4.69, 9.17) is 0 Å². The van der Waals surface area contributed by atoms with Crippen molar-refractivity contribution in [3.05, 3.63) is 66.6 Å². The van der Waals surface area contributed by atoms with Crippen LogP contribution < -0.4 is 10.0 Å². The van der Waals surface area contributed by atoms with Crippen molar-refractivity contribution in [3.8, 4) is 10.7 Å². The molecule has 8 nitrogen and oxygen atoms in total. The molecule has 0 aliphatic carbocycles. The minimum atomic E-state index is -3.36. The molecule has 0 unspecified atom stereocenters. The number of anilines is 2. The Morgan fingerprint density at radius 1 is 0.966 bits per heavy atom. The maximum absolute atomic E-state index is 12.8. The summed E-state index contributed by atoms with van der Waals surface area (Å²) in [6, 6.07) is 14.0. The highest BCUT2D eigenvalue weighted by molar-refractivity contribution is 7.92. The van der Waals surface area contributed by atoms with Crippen LogP contribution in [0.1, 0.15) is 10.5 Å². The highest BCUT2D eigenvalue weighted by Crippen LogP contribution is 2.30. The average Bonchev–Trinajstić information content (AvgIpc) is 3.12. The molecule has 2 N–H and O–H groups in total. The largest absolute Gasteiger partial charge is 0.321 e. The Morgan fingerprint density at radius 2 is 1.66 bits per heavy atom. The number of thiazole rings is 1. The molecular formula is C19H15N5O3S2. The van der Waals surface area contributed by atoms with E-state index >= 15 is 0 Å². The Labute approximate surface area is 170 Å². The first kappa shape index (κ1) is 19.0. The molecule has 29 heavy (non-hydrogen) atoms. The minimum absolute atomic E-state index is 0.157. The number of nitrogens with one attached hydrogen (secondary N) is 2. The molecule has 2 heterocycles. The topological polar surface area (TPSA) is 114 Å². The van der Waals surface area contributed by atoms with Crippen LogP contribution in [0.25, 0.3) is 20.9 Å². The maximum atomic E-state index is 12.8. The smallest absolute Gasteiger partial charge is 0.276 e. The summed E-state index contributed by atoms with van der Waals surface area (Å²) in [5.74, 6) is -0.434. The zero-order chi connectivity index (χ0) is 20.4. The molecule has 0 aliphatic rings. The minimum Gasteiger partial charge on any atom is -0.321 e. The third-order valence-electron chi connectivity index (χ3n) is 3.86. The van der Waals surface area contributed by atoms with Crippen LogP contribution >= 0.6 is 11.3 Å². The molecule has 4 aromatic rings. The van der Waals surface area contributed by atoms with Crippen molar-refractivity contribution >= 4 is 48.9 Å². The van der Waals surface area contributed by atoms with Gasteiger partial charge in [0.1, 0.15) is 10.7 Å². The summed E-state index contributed by atoms with van der Waals surface area (Å²) in [6.45, 7) is 0. The lowest BCUT2D eigenvalue weighted by atomic mass is 10.2. The number of sulfonamides is 1. The zero-order valence-electron chi connectivity index (χ0n) is 15.2. The van der Waals surface area contributed by atoms with Crippen LogP contribution in [0.2, 0.25) is 0 Å². The van der Waals surface area contributed by atoms with Crippen LogP contribution in [0.3, 0.4) is 0 Å². The van der Waals surface area contributed by atoms with Crippen LogP contribution in [-0.2, 0) is 10.0 Å². The molecule has 0 fully saturated rings. The fraction of sp³-hybridized carbons (Fsp3) is 0.0526. The molecule has 0 aliphatic heterocycles. The number of aromatic nitrogens is 3. The average molecular weight is 425 g/mol. The summed E-state index contributed by atoms with van der Waals surface area (Å²) in [6.07, 6.45) is 4.04. The van der Waals surface area contributed by atoms with Gasteiger partial charge in [0, 0.05) is 23.8 Å². The van der Waals surface area contributed by atoms with Crippen molar-refractivity contribution in [3.63, 3.8) is 0 Å². The van der Waals surface area contributed by atoms with Gasteiger partial charge in [0.25, 0.3) is 5.91 Å². The quantitative estimate of drug-likeness (QED) is 0.507. The number of para-hydroxylation sites is 1. The van der Waals surface area contributed by atoms with Gasteiger partial charge in [-0.05, 0) is 36.4 Å². The van der Waals surface area contributed by atoms with E-state index < -0.39 is 15.9 Å². The van der Waals surface area contributed by atoms with Gasteiger partial charge in [0.15, 0.2) is 5.69 Å². The molecule has 0 saturated heterocycles. The number of rotatable bonds is 5. The number of benzene rings is 2. The fourth-order valence-electron chi connectivity index (χ4n) is 2.66. The molecule has 0 radical (unpaired) electrons. The van der Waals surface area contributed by atoms with Gasteiger partial charge < -0.3 is 5.32 Å². The van der Waals surface area contributed by atoms with Crippen LogP contribution in [0.4, 0.5) is 11.4 Å². The van der Waals surface area contributed by atoms with Gasteiger partial charge in [-0.2, -0.15) is 0 Å². The first-order valence-electron chi connectivity index (χ1n) is 8.45. The van der Waals surface area contributed by atoms with Gasteiger partial charge in [0.05, 0.1) is 16.5 Å². The van der Waals surface area contributed by atoms with Crippen molar-refractivity contribution in [2.24, 2.45) is 0 Å². The van der Waals surface area contributed by atoms with E-state index in [9.17, 15) is 13.2 Å². The van der Waals surface area contributed by atoms with Gasteiger partial charge in [0.2, 0.25) is 10.0 Å². The molecule has 0 spiro atoms. The number of carbonyl (C=O) groups is 1. The Kier molecular flexibility index (Phi) is 4.95. The van der Waals surface area contributed by atoms with Crippen molar-refractivity contribution in [2.45, 2.75) is 0 Å². The summed E-state index contributed by atoms with van der Waals surface area (Å²) in [5, 5.41) is 3.36. The Morgan fingerprint density at radius 3 is 2.38 bits per heavy atom. The molecule has 1 amide bonds. The predicted molar refractivity (Wildman–Crippen MR) is 114 cm³/mol. The molecule has 2 aromatic heterocycles. The molecule has 4 rings (SSSR count). The fourth-order valence-corrected chi connectivity index (χ4v) is 4.19. The van der Waals surface area contributed by atoms with E-state index in [2.05, 4.69) is 25.0 Å². The van der Waals surface area contributed by atoms with Gasteiger partial charge >= 0.3 is 0 Å². The lowest BCUT2D eigenvalue weighted by molar-refractivity contribution is 0.102. The molecule has 10 heteroatoms. The Hall–Kier alpha value is -3.37. The first-order valence-corrected chi connectivity index (χ1v) is 11.2. The van der Waals surface area contributed by atoms with E-state index in [0.717, 1.165) is 16.5 Å². The summed E-state index contributed by atoms with van der Waals surface area (Å²) in [7, 11) is -3.36. The second-order valence-electron chi connectivity index (χ2n) is 6.15. The molecule has 2 aromatic carbocycles. The lowest BCUT2D eigenvalue weighted by Crippen LogP contribution is -2.16. The predicted octanol–water partition coefficient (Wildman–Crippen LogP) is 3.38. The van der Waals surface area contributed by atoms with Crippen molar-refractivity contribution < 1.29 is 13.2 Å². The second kappa shape index (κ2) is 7.57. The summed E-state index contributed by atoms with van der Waals surface area (Å²) >= 11 is 1.44. The first-order chi connectivity index (χ1) is 13.9. The summed E-state index contributed by atoms with van der Waals surface area (Å²) < 4.78 is 25.9. The van der Waals surface area contributed by atoms with Gasteiger partial charge in [-0.25, -0.2) is 23.4 Å². The molecular weight excluding hydrogens is 410 g/mol. The third-order valence-corrected chi connectivity index (χ3v) is 5.51. The zero-order valence-corrected chi connectivity index (χ0v) is 16.8. The molecule has 146 valence electrons. The van der Waals surface area contributed by atoms with Crippen LogP contribution in [0.15, 0.2) is 60.9 Å². The second-order valence-corrected chi connectivity index (χ2v) is 8.93. The summed E-state index contributed by atoms with van der Waals surface area (Å²) in [4.78, 5) is 25.8. The Bertz CT molecular complexity index is 1270. The number of fused-ring (bicyclic) bond motifs is 1. The monoisotopic (exact) mass is 425 g/mol. The molecule has 0 atom stereocenters. The SMILES string of the molecule is CS(=O)(=O)Nc1ccc(NC(=O)c2nccnc2-c2nc3ccccc3s2)cc1. The highest BCUT2D eigenvalue weighted by Gasteiger charge is 2.19. The van der Waals surface area contributed by atoms with E-state index in [1.165, 1.54) is 23.7 Å². The van der Waals surface area contributed by atoms with E-state index in [1.54, 1.807) is 24.3 Å². The van der Waals surface area contributed by atoms with E-state index in [1.807, 2.05) is 24.3 Å². The van der Waals surface area contributed by atoms with E-state index in [-0.39, 0.29) is 5.69 Å². The van der Waals surface area contributed by atoms with Crippen LogP contribution in [0.5, 0.6) is 0 Å². The number of hydrogen-bond acceptors (Lipinski definition) is 7. The number of amides is 1. The normalized spacial score (nSPS) is 11.3. The van der Waals surface area contributed by atoms with Crippen LogP contribution in [0, 0.1) is 0 Å². The van der Waals surface area contributed by atoms with Crippen molar-refractivity contribution in [1.82, 2.24) is 15.0 Å². The number of nitrogens with zero attached hydrogens (tertiary/aromatic N) is 3. The number of carbonyl (C=O) groups excluding carboxylic acids is 1. The van der Waals surface area contributed by atoms with Gasteiger partial charge in [-0.3, -0.25) is 9.52 Å². The van der Waals surface area contributed by atoms with Gasteiger partial charge in [-0.1, -0.05) is 12.1 Å². The number of hydrogen-bond donors (Lipinski definition) is 2. The van der Waals surface area contributed by atoms with Crippen molar-refractivity contribution in [2.75, 3.05) is 16.3 Å². The standard InChI is InChI=1S/C19H15N5O3S2/c1-29(26,27)24-13-8-6-12(7-9-13)22-18(25)16-17(21-11-10-20-16)19-23-14-4-2-3-5-15(14)28-19/h2-11,24H,1H3,(H,22,25). The van der Waals surface area contributed by atoms with Crippen LogP contribution in [-0.4, -0.2) is 35.5 Å². The Balaban J connectivity index is 1.60. The molecule has 0 saturated carbocycles. The van der Waals surface area contributed by atoms with Gasteiger partial charge in [-0.15, -0.1) is 11.3 Å². The highest BCUT2D eigenvalue weighted by atomic mass is 32.2. The maximum Gasteiger partial charge on any atom is 0.276 e. The third kappa shape index (κ3) is 4.39. The van der Waals surface area contributed by atoms with E-state index in [0.29, 0.717) is 22.1 Å². The molecule has 0 bridgehead atoms. The lowest BCUT2D eigenvalue weighted by Gasteiger charge is -2.08.